The van der Waals surface area contributed by atoms with Crippen molar-refractivity contribution in [3.8, 4) is 0 Å². The smallest absolute Gasteiger partial charge is 0.222 e. The maximum atomic E-state index is 11.8. The van der Waals surface area contributed by atoms with Crippen LogP contribution in [-0.4, -0.2) is 52.9 Å². The molecule has 1 fully saturated rings. The number of hydrogen-bond acceptors (Lipinski definition) is 4. The van der Waals surface area contributed by atoms with Gasteiger partial charge in [0.15, 0.2) is 0 Å². The van der Waals surface area contributed by atoms with Crippen LogP contribution in [0.3, 0.4) is 0 Å². The van der Waals surface area contributed by atoms with Crippen molar-refractivity contribution in [2.24, 2.45) is 11.7 Å². The summed E-state index contributed by atoms with van der Waals surface area (Å²) in [6, 6.07) is 0. The Bertz CT molecular complexity index is 238. The molecule has 0 aromatic heterocycles. The van der Waals surface area contributed by atoms with E-state index in [2.05, 4.69) is 6.92 Å². The van der Waals surface area contributed by atoms with Crippen molar-refractivity contribution in [3.05, 3.63) is 0 Å². The van der Waals surface area contributed by atoms with E-state index >= 15 is 0 Å². The molecule has 1 aliphatic rings. The number of aliphatic hydroxyl groups excluding tert-OH is 2. The molecule has 1 aliphatic heterocycles. The zero-order valence-corrected chi connectivity index (χ0v) is 10.5. The van der Waals surface area contributed by atoms with Crippen LogP contribution in [0.5, 0.6) is 0 Å². The molecule has 3 unspecified atom stereocenters. The number of hydrogen-bond donors (Lipinski definition) is 3. The third-order valence-corrected chi connectivity index (χ3v) is 3.53. The summed E-state index contributed by atoms with van der Waals surface area (Å²) in [6.07, 6.45) is 1.74. The third-order valence-electron chi connectivity index (χ3n) is 3.53. The number of amides is 1. The molecule has 4 N–H and O–H groups in total. The summed E-state index contributed by atoms with van der Waals surface area (Å²) in [4.78, 5) is 13.4. The number of nitrogens with zero attached hydrogens (tertiary/aromatic N) is 1. The summed E-state index contributed by atoms with van der Waals surface area (Å²) in [5, 5.41) is 18.7. The summed E-state index contributed by atoms with van der Waals surface area (Å²) >= 11 is 0. The Hall–Kier alpha value is -0.650. The fourth-order valence-corrected chi connectivity index (χ4v) is 2.25. The lowest BCUT2D eigenvalue weighted by molar-refractivity contribution is -0.131. The van der Waals surface area contributed by atoms with Crippen molar-refractivity contribution >= 4 is 5.91 Å². The predicted molar refractivity (Wildman–Crippen MR) is 65.3 cm³/mol. The van der Waals surface area contributed by atoms with E-state index in [1.54, 1.807) is 4.90 Å². The average molecular weight is 244 g/mol. The second-order valence-electron chi connectivity index (χ2n) is 4.82. The second kappa shape index (κ2) is 6.93. The molecule has 5 nitrogen and oxygen atoms in total. The summed E-state index contributed by atoms with van der Waals surface area (Å²) in [7, 11) is 0. The first-order chi connectivity index (χ1) is 8.08. The molecular weight excluding hydrogens is 220 g/mol. The van der Waals surface area contributed by atoms with Crippen LogP contribution in [0.25, 0.3) is 0 Å². The van der Waals surface area contributed by atoms with E-state index in [9.17, 15) is 15.0 Å². The van der Waals surface area contributed by atoms with Crippen LogP contribution < -0.4 is 5.73 Å². The molecule has 0 saturated carbocycles. The van der Waals surface area contributed by atoms with Gasteiger partial charge in [-0.05, 0) is 25.3 Å². The Morgan fingerprint density at radius 2 is 1.94 bits per heavy atom. The fraction of sp³-hybridized carbons (Fsp3) is 0.917. The molecule has 0 bridgehead atoms. The highest BCUT2D eigenvalue weighted by molar-refractivity contribution is 5.76. The van der Waals surface area contributed by atoms with Gasteiger partial charge >= 0.3 is 0 Å². The van der Waals surface area contributed by atoms with Gasteiger partial charge in [0.05, 0.1) is 12.2 Å². The molecule has 3 atom stereocenters. The van der Waals surface area contributed by atoms with Gasteiger partial charge < -0.3 is 20.8 Å². The molecular formula is C12H24N2O3. The molecule has 1 saturated heterocycles. The lowest BCUT2D eigenvalue weighted by atomic mass is 9.96. The topological polar surface area (TPSA) is 86.8 Å². The Kier molecular flexibility index (Phi) is 5.88. The normalized spacial score (nSPS) is 26.2. The first kappa shape index (κ1) is 14.4. The van der Waals surface area contributed by atoms with Crippen LogP contribution >= 0.6 is 0 Å². The Labute approximate surface area is 103 Å². The molecule has 1 heterocycles. The highest BCUT2D eigenvalue weighted by Gasteiger charge is 2.32. The second-order valence-corrected chi connectivity index (χ2v) is 4.82. The van der Waals surface area contributed by atoms with Gasteiger partial charge in [0.2, 0.25) is 5.91 Å². The molecule has 0 aliphatic carbocycles. The van der Waals surface area contributed by atoms with Crippen molar-refractivity contribution in [1.29, 1.82) is 0 Å². The van der Waals surface area contributed by atoms with Gasteiger partial charge in [0, 0.05) is 19.5 Å². The van der Waals surface area contributed by atoms with Crippen LogP contribution in [0.2, 0.25) is 0 Å². The Morgan fingerprint density at radius 3 is 2.41 bits per heavy atom. The van der Waals surface area contributed by atoms with Gasteiger partial charge in [0.25, 0.3) is 0 Å². The first-order valence-corrected chi connectivity index (χ1v) is 6.42. The van der Waals surface area contributed by atoms with Crippen LogP contribution in [-0.2, 0) is 4.79 Å². The molecule has 0 aromatic rings. The summed E-state index contributed by atoms with van der Waals surface area (Å²) in [5.74, 6) is 0.525. The molecule has 1 amide bonds. The van der Waals surface area contributed by atoms with Gasteiger partial charge in [-0.1, -0.05) is 13.3 Å². The standard InChI is InChI=1S/C12H24N2O3/c1-2-9(5-6-13)3-4-12(17)14-7-10(15)11(16)8-14/h9-11,15-16H,2-8,13H2,1H3. The van der Waals surface area contributed by atoms with Crippen molar-refractivity contribution in [3.63, 3.8) is 0 Å². The Morgan fingerprint density at radius 1 is 1.35 bits per heavy atom. The average Bonchev–Trinajstić information content (AvgIpc) is 2.64. The number of carbonyl (C=O) groups is 1. The van der Waals surface area contributed by atoms with E-state index in [0.29, 0.717) is 18.9 Å². The monoisotopic (exact) mass is 244 g/mol. The van der Waals surface area contributed by atoms with Gasteiger partial charge in [-0.25, -0.2) is 0 Å². The van der Waals surface area contributed by atoms with Gasteiger partial charge in [-0.3, -0.25) is 4.79 Å². The first-order valence-electron chi connectivity index (χ1n) is 6.42. The van der Waals surface area contributed by atoms with Crippen molar-refractivity contribution < 1.29 is 15.0 Å². The largest absolute Gasteiger partial charge is 0.388 e. The molecule has 0 spiro atoms. The highest BCUT2D eigenvalue weighted by atomic mass is 16.3. The minimum absolute atomic E-state index is 0.0241. The molecule has 0 radical (unpaired) electrons. The predicted octanol–water partition coefficient (Wildman–Crippen LogP) is -0.294. The number of nitrogens with two attached hydrogens (primary N) is 1. The Balaban J connectivity index is 2.30. The van der Waals surface area contributed by atoms with E-state index < -0.39 is 12.2 Å². The zero-order chi connectivity index (χ0) is 12.8. The molecule has 100 valence electrons. The number of likely N-dealkylation sites (tertiary alicyclic amines) is 1. The van der Waals surface area contributed by atoms with E-state index in [1.807, 2.05) is 0 Å². The third kappa shape index (κ3) is 4.26. The fourth-order valence-electron chi connectivity index (χ4n) is 2.25. The van der Waals surface area contributed by atoms with Gasteiger partial charge in [-0.2, -0.15) is 0 Å². The van der Waals surface area contributed by atoms with E-state index in [4.69, 9.17) is 5.73 Å². The van der Waals surface area contributed by atoms with Gasteiger partial charge in [-0.15, -0.1) is 0 Å². The number of β-amino-alcohol motifs (C(OH)–C–C–N with tert-alkyl or cyclic N) is 2. The van der Waals surface area contributed by atoms with E-state index in [0.717, 1.165) is 19.3 Å². The quantitative estimate of drug-likeness (QED) is 0.599. The van der Waals surface area contributed by atoms with E-state index in [1.165, 1.54) is 0 Å². The maximum Gasteiger partial charge on any atom is 0.222 e. The minimum Gasteiger partial charge on any atom is -0.388 e. The van der Waals surface area contributed by atoms with Crippen LogP contribution in [0, 0.1) is 5.92 Å². The molecule has 17 heavy (non-hydrogen) atoms. The van der Waals surface area contributed by atoms with Crippen LogP contribution in [0.1, 0.15) is 32.6 Å². The van der Waals surface area contributed by atoms with Crippen LogP contribution in [0.4, 0.5) is 0 Å². The highest BCUT2D eigenvalue weighted by Crippen LogP contribution is 2.17. The molecule has 1 rings (SSSR count). The SMILES string of the molecule is CCC(CCN)CCC(=O)N1CC(O)C(O)C1. The van der Waals surface area contributed by atoms with Gasteiger partial charge in [0.1, 0.15) is 0 Å². The van der Waals surface area contributed by atoms with Crippen molar-refractivity contribution in [2.45, 2.75) is 44.8 Å². The number of rotatable bonds is 6. The summed E-state index contributed by atoms with van der Waals surface area (Å²) in [6.45, 7) is 3.28. The van der Waals surface area contributed by atoms with Crippen molar-refractivity contribution in [1.82, 2.24) is 4.90 Å². The lowest BCUT2D eigenvalue weighted by Gasteiger charge is -2.18. The lowest BCUT2D eigenvalue weighted by Crippen LogP contribution is -2.30. The van der Waals surface area contributed by atoms with E-state index in [-0.39, 0.29) is 19.0 Å². The number of aliphatic hydroxyl groups is 2. The molecule has 0 aromatic carbocycles. The zero-order valence-electron chi connectivity index (χ0n) is 10.5. The number of carbonyl (C=O) groups excluding carboxylic acids is 1. The summed E-state index contributed by atoms with van der Waals surface area (Å²) < 4.78 is 0. The van der Waals surface area contributed by atoms with Crippen molar-refractivity contribution in [2.75, 3.05) is 19.6 Å². The maximum absolute atomic E-state index is 11.8. The summed E-state index contributed by atoms with van der Waals surface area (Å²) in [5.41, 5.74) is 5.51. The minimum atomic E-state index is -0.787. The van der Waals surface area contributed by atoms with Crippen LogP contribution in [0.15, 0.2) is 0 Å². The molecule has 5 heteroatoms.